The van der Waals surface area contributed by atoms with E-state index in [1.165, 1.54) is 12.0 Å². The summed E-state index contributed by atoms with van der Waals surface area (Å²) in [6.45, 7) is 8.27. The summed E-state index contributed by atoms with van der Waals surface area (Å²) in [6, 6.07) is 9.42. The second-order valence-corrected chi connectivity index (χ2v) is 9.51. The van der Waals surface area contributed by atoms with Gasteiger partial charge < -0.3 is 33.7 Å². The molecule has 2 heterocycles. The molecule has 0 aliphatic carbocycles. The van der Waals surface area contributed by atoms with Gasteiger partial charge >= 0.3 is 0 Å². The minimum absolute atomic E-state index is 0.0151. The Kier molecular flexibility index (Phi) is 8.78. The van der Waals surface area contributed by atoms with Crippen LogP contribution in [-0.2, 0) is 14.3 Å². The lowest BCUT2D eigenvalue weighted by atomic mass is 9.94. The monoisotopic (exact) mass is 525 g/mol. The maximum Gasteiger partial charge on any atom is 0.295 e. The highest BCUT2D eigenvalue weighted by Crippen LogP contribution is 2.43. The van der Waals surface area contributed by atoms with E-state index in [4.69, 9.17) is 23.7 Å². The van der Waals surface area contributed by atoms with Crippen LogP contribution in [0.3, 0.4) is 0 Å². The van der Waals surface area contributed by atoms with Crippen LogP contribution in [0.5, 0.6) is 23.0 Å². The fraction of sp³-hybridized carbons (Fsp3) is 0.448. The number of aliphatic hydroxyl groups excluding tert-OH is 1. The lowest BCUT2D eigenvalue weighted by Gasteiger charge is -2.26. The molecule has 4 rings (SSSR count). The Balaban J connectivity index is 1.78. The number of hydrogen-bond donors (Lipinski definition) is 1. The number of amides is 1. The number of methoxy groups -OCH3 is 1. The van der Waals surface area contributed by atoms with Crippen molar-refractivity contribution in [2.24, 2.45) is 5.92 Å². The topological polar surface area (TPSA) is 104 Å². The number of ether oxygens (including phenoxy) is 5. The SMILES string of the molecule is CCOc1cc(C2C(=C(O)c3ccc4c(c3)OCCO4)C(=O)C(=O)N2CCOC)ccc1OCCC(C)C. The molecule has 2 aromatic carbocycles. The number of fused-ring (bicyclic) bond motifs is 1. The zero-order valence-corrected chi connectivity index (χ0v) is 22.3. The maximum atomic E-state index is 13.3. The molecule has 1 atom stereocenters. The van der Waals surface area contributed by atoms with E-state index in [1.54, 1.807) is 36.4 Å². The van der Waals surface area contributed by atoms with E-state index < -0.39 is 17.7 Å². The number of ketones is 1. The Hall–Kier alpha value is -3.72. The molecule has 38 heavy (non-hydrogen) atoms. The number of Topliss-reactive ketones (excluding diaryl/α,β-unsaturated/α-hetero) is 1. The van der Waals surface area contributed by atoms with Crippen LogP contribution in [0.25, 0.3) is 5.76 Å². The number of nitrogens with zero attached hydrogens (tertiary/aromatic N) is 1. The fourth-order valence-corrected chi connectivity index (χ4v) is 4.48. The van der Waals surface area contributed by atoms with Crippen LogP contribution < -0.4 is 18.9 Å². The molecule has 204 valence electrons. The lowest BCUT2D eigenvalue weighted by Crippen LogP contribution is -2.32. The first kappa shape index (κ1) is 27.3. The molecule has 1 unspecified atom stereocenters. The molecule has 2 aromatic rings. The van der Waals surface area contributed by atoms with Crippen molar-refractivity contribution < 1.29 is 38.4 Å². The van der Waals surface area contributed by atoms with Crippen LogP contribution in [0.4, 0.5) is 0 Å². The summed E-state index contributed by atoms with van der Waals surface area (Å²) in [4.78, 5) is 27.8. The number of rotatable bonds is 11. The molecule has 0 bridgehead atoms. The largest absolute Gasteiger partial charge is 0.507 e. The zero-order valence-electron chi connectivity index (χ0n) is 22.3. The predicted octanol–water partition coefficient (Wildman–Crippen LogP) is 4.35. The second kappa shape index (κ2) is 12.2. The first-order chi connectivity index (χ1) is 18.3. The van der Waals surface area contributed by atoms with Crippen molar-refractivity contribution in [3.05, 3.63) is 53.1 Å². The van der Waals surface area contributed by atoms with Gasteiger partial charge in [-0.1, -0.05) is 19.9 Å². The van der Waals surface area contributed by atoms with Gasteiger partial charge in [-0.3, -0.25) is 9.59 Å². The fourth-order valence-electron chi connectivity index (χ4n) is 4.48. The van der Waals surface area contributed by atoms with E-state index in [-0.39, 0.29) is 24.5 Å². The van der Waals surface area contributed by atoms with Gasteiger partial charge in [0.25, 0.3) is 11.7 Å². The number of likely N-dealkylation sites (tertiary alicyclic amines) is 1. The number of carbonyl (C=O) groups excluding carboxylic acids is 2. The van der Waals surface area contributed by atoms with Crippen molar-refractivity contribution in [2.75, 3.05) is 46.7 Å². The molecule has 1 N–H and O–H groups in total. The van der Waals surface area contributed by atoms with E-state index in [1.807, 2.05) is 6.92 Å². The molecule has 0 spiro atoms. The third kappa shape index (κ3) is 5.72. The Labute approximate surface area is 222 Å². The Morgan fingerprint density at radius 1 is 1.03 bits per heavy atom. The quantitative estimate of drug-likeness (QED) is 0.262. The number of benzene rings is 2. The highest BCUT2D eigenvalue weighted by Gasteiger charge is 2.46. The van der Waals surface area contributed by atoms with Gasteiger partial charge in [0.2, 0.25) is 0 Å². The van der Waals surface area contributed by atoms with E-state index >= 15 is 0 Å². The number of hydrogen-bond acceptors (Lipinski definition) is 8. The standard InChI is InChI=1S/C29H35NO8/c1-5-35-23-16-19(6-8-21(23)36-12-10-18(2)3)26-25(28(32)29(33)30(26)11-13-34-4)27(31)20-7-9-22-24(17-20)38-15-14-37-22/h6-9,16-18,26,31H,5,10-15H2,1-4H3. The average molecular weight is 526 g/mol. The highest BCUT2D eigenvalue weighted by atomic mass is 16.6. The molecular weight excluding hydrogens is 490 g/mol. The van der Waals surface area contributed by atoms with Gasteiger partial charge in [-0.25, -0.2) is 0 Å². The first-order valence-corrected chi connectivity index (χ1v) is 12.9. The molecule has 1 saturated heterocycles. The van der Waals surface area contributed by atoms with Crippen molar-refractivity contribution >= 4 is 17.4 Å². The molecule has 1 fully saturated rings. The van der Waals surface area contributed by atoms with E-state index in [2.05, 4.69) is 13.8 Å². The molecule has 9 nitrogen and oxygen atoms in total. The maximum absolute atomic E-state index is 13.3. The number of aliphatic hydroxyl groups is 1. The third-order valence-corrected chi connectivity index (χ3v) is 6.43. The molecule has 9 heteroatoms. The Morgan fingerprint density at radius 3 is 2.50 bits per heavy atom. The molecule has 0 aromatic heterocycles. The van der Waals surface area contributed by atoms with E-state index in [0.29, 0.717) is 66.5 Å². The molecular formula is C29H35NO8. The first-order valence-electron chi connectivity index (χ1n) is 12.9. The molecule has 1 amide bonds. The van der Waals surface area contributed by atoms with Crippen LogP contribution in [0.15, 0.2) is 42.0 Å². The molecule has 0 radical (unpaired) electrons. The zero-order chi connectivity index (χ0) is 27.2. The third-order valence-electron chi connectivity index (χ3n) is 6.43. The second-order valence-electron chi connectivity index (χ2n) is 9.51. The van der Waals surface area contributed by atoms with Crippen LogP contribution in [0, 0.1) is 5.92 Å². The summed E-state index contributed by atoms with van der Waals surface area (Å²) in [5.74, 6) is 0.829. The van der Waals surface area contributed by atoms with E-state index in [9.17, 15) is 14.7 Å². The minimum atomic E-state index is -0.845. The summed E-state index contributed by atoms with van der Waals surface area (Å²) in [5.41, 5.74) is 0.945. The van der Waals surface area contributed by atoms with Gasteiger partial charge in [-0.15, -0.1) is 0 Å². The summed E-state index contributed by atoms with van der Waals surface area (Å²) in [5, 5.41) is 11.4. The Bertz CT molecular complexity index is 1210. The van der Waals surface area contributed by atoms with Crippen LogP contribution >= 0.6 is 0 Å². The molecule has 2 aliphatic heterocycles. The van der Waals surface area contributed by atoms with Gasteiger partial charge in [-0.05, 0) is 55.2 Å². The Morgan fingerprint density at radius 2 is 1.79 bits per heavy atom. The van der Waals surface area contributed by atoms with Gasteiger partial charge in [0, 0.05) is 19.2 Å². The highest BCUT2D eigenvalue weighted by molar-refractivity contribution is 6.46. The summed E-state index contributed by atoms with van der Waals surface area (Å²) in [6.07, 6.45) is 0.889. The van der Waals surface area contributed by atoms with Crippen LogP contribution in [0.2, 0.25) is 0 Å². The predicted molar refractivity (Wildman–Crippen MR) is 141 cm³/mol. The van der Waals surface area contributed by atoms with E-state index in [0.717, 1.165) is 6.42 Å². The summed E-state index contributed by atoms with van der Waals surface area (Å²) >= 11 is 0. The summed E-state index contributed by atoms with van der Waals surface area (Å²) < 4.78 is 28.2. The van der Waals surface area contributed by atoms with Gasteiger partial charge in [0.05, 0.1) is 31.4 Å². The van der Waals surface area contributed by atoms with Gasteiger partial charge in [-0.2, -0.15) is 0 Å². The lowest BCUT2D eigenvalue weighted by molar-refractivity contribution is -0.140. The van der Waals surface area contributed by atoms with Crippen molar-refractivity contribution in [1.29, 1.82) is 0 Å². The van der Waals surface area contributed by atoms with Crippen molar-refractivity contribution in [1.82, 2.24) is 4.90 Å². The minimum Gasteiger partial charge on any atom is -0.507 e. The van der Waals surface area contributed by atoms with Crippen molar-refractivity contribution in [2.45, 2.75) is 33.2 Å². The van der Waals surface area contributed by atoms with Gasteiger partial charge in [0.15, 0.2) is 23.0 Å². The molecule has 0 saturated carbocycles. The van der Waals surface area contributed by atoms with Crippen LogP contribution in [-0.4, -0.2) is 68.4 Å². The normalized spacial score (nSPS) is 18.2. The summed E-state index contributed by atoms with van der Waals surface area (Å²) in [7, 11) is 1.53. The average Bonchev–Trinajstić information content (AvgIpc) is 3.16. The smallest absolute Gasteiger partial charge is 0.295 e. The number of carbonyl (C=O) groups is 2. The van der Waals surface area contributed by atoms with Gasteiger partial charge in [0.1, 0.15) is 19.0 Å². The van der Waals surface area contributed by atoms with Crippen LogP contribution in [0.1, 0.15) is 44.4 Å². The van der Waals surface area contributed by atoms with Crippen molar-refractivity contribution in [3.8, 4) is 23.0 Å². The van der Waals surface area contributed by atoms with Crippen molar-refractivity contribution in [3.63, 3.8) is 0 Å². The molecule has 2 aliphatic rings.